The molecule has 0 aliphatic heterocycles. The summed E-state index contributed by atoms with van der Waals surface area (Å²) in [5.41, 5.74) is 0.808. The minimum Gasteiger partial charge on any atom is -0.313 e. The van der Waals surface area contributed by atoms with Gasteiger partial charge in [0.1, 0.15) is 5.82 Å². The fourth-order valence-electron chi connectivity index (χ4n) is 3.15. The molecule has 0 aromatic heterocycles. The lowest BCUT2D eigenvalue weighted by molar-refractivity contribution is -0.184. The minimum absolute atomic E-state index is 0.0834. The lowest BCUT2D eigenvalue weighted by Crippen LogP contribution is -2.33. The van der Waals surface area contributed by atoms with Gasteiger partial charge in [0.05, 0.1) is 5.92 Å². The summed E-state index contributed by atoms with van der Waals surface area (Å²) in [5, 5.41) is 3.12. The first-order chi connectivity index (χ1) is 9.41. The largest absolute Gasteiger partial charge is 0.391 e. The smallest absolute Gasteiger partial charge is 0.313 e. The molecule has 112 valence electrons. The zero-order valence-corrected chi connectivity index (χ0v) is 11.4. The van der Waals surface area contributed by atoms with Gasteiger partial charge in [-0.3, -0.25) is 0 Å². The van der Waals surface area contributed by atoms with E-state index in [-0.39, 0.29) is 30.6 Å². The van der Waals surface area contributed by atoms with Gasteiger partial charge in [0, 0.05) is 6.04 Å². The molecule has 1 aliphatic rings. The van der Waals surface area contributed by atoms with Crippen molar-refractivity contribution in [3.63, 3.8) is 0 Å². The van der Waals surface area contributed by atoms with Gasteiger partial charge in [-0.25, -0.2) is 4.39 Å². The maximum atomic E-state index is 13.3. The fraction of sp³-hybridized carbons (Fsp3) is 0.600. The first kappa shape index (κ1) is 15.3. The molecule has 0 amide bonds. The van der Waals surface area contributed by atoms with Crippen LogP contribution in [0, 0.1) is 17.7 Å². The zero-order valence-electron chi connectivity index (χ0n) is 11.4. The molecule has 1 aromatic rings. The third kappa shape index (κ3) is 3.51. The summed E-state index contributed by atoms with van der Waals surface area (Å²) in [7, 11) is 1.77. The summed E-state index contributed by atoms with van der Waals surface area (Å²) in [5.74, 6) is -1.36. The van der Waals surface area contributed by atoms with Crippen molar-refractivity contribution in [2.24, 2.45) is 11.8 Å². The standard InChI is InChI=1S/C15H19F4N/c1-20-14(11-3-2-4-13(16)9-11)10-5-7-12(8-6-10)15(17,18)19/h2-4,9-10,12,14,20H,5-8H2,1H3. The average Bonchev–Trinajstić information content (AvgIpc) is 2.39. The second-order valence-electron chi connectivity index (χ2n) is 5.47. The molecular formula is C15H19F4N. The van der Waals surface area contributed by atoms with Gasteiger partial charge in [-0.05, 0) is 56.3 Å². The quantitative estimate of drug-likeness (QED) is 0.810. The van der Waals surface area contributed by atoms with Crippen LogP contribution < -0.4 is 5.32 Å². The molecule has 0 radical (unpaired) electrons. The Balaban J connectivity index is 2.04. The van der Waals surface area contributed by atoms with Crippen LogP contribution in [-0.4, -0.2) is 13.2 Å². The lowest BCUT2D eigenvalue weighted by atomic mass is 9.76. The molecule has 1 unspecified atom stereocenters. The van der Waals surface area contributed by atoms with Crippen molar-refractivity contribution in [3.05, 3.63) is 35.6 Å². The molecule has 0 bridgehead atoms. The van der Waals surface area contributed by atoms with Crippen LogP contribution in [0.5, 0.6) is 0 Å². The molecule has 1 aromatic carbocycles. The highest BCUT2D eigenvalue weighted by Crippen LogP contribution is 2.43. The highest BCUT2D eigenvalue weighted by molar-refractivity contribution is 5.21. The average molecular weight is 289 g/mol. The van der Waals surface area contributed by atoms with Gasteiger partial charge in [0.25, 0.3) is 0 Å². The molecule has 1 nitrogen and oxygen atoms in total. The summed E-state index contributed by atoms with van der Waals surface area (Å²) in [6, 6.07) is 6.20. The van der Waals surface area contributed by atoms with Gasteiger partial charge in [0.2, 0.25) is 0 Å². The van der Waals surface area contributed by atoms with E-state index in [0.717, 1.165) is 5.56 Å². The predicted molar refractivity (Wildman–Crippen MR) is 69.7 cm³/mol. The predicted octanol–water partition coefficient (Wildman–Crippen LogP) is 4.45. The number of hydrogen-bond acceptors (Lipinski definition) is 1. The summed E-state index contributed by atoms with van der Waals surface area (Å²) >= 11 is 0. The monoisotopic (exact) mass is 289 g/mol. The van der Waals surface area contributed by atoms with Crippen molar-refractivity contribution < 1.29 is 17.6 Å². The normalized spacial score (nSPS) is 25.4. The molecule has 5 heteroatoms. The van der Waals surface area contributed by atoms with Gasteiger partial charge in [-0.2, -0.15) is 13.2 Å². The first-order valence-corrected chi connectivity index (χ1v) is 6.91. The second kappa shape index (κ2) is 6.12. The molecule has 1 N–H and O–H groups in total. The topological polar surface area (TPSA) is 12.0 Å². The van der Waals surface area contributed by atoms with E-state index in [0.29, 0.717) is 12.8 Å². The Morgan fingerprint density at radius 2 is 1.80 bits per heavy atom. The fourth-order valence-corrected chi connectivity index (χ4v) is 3.15. The second-order valence-corrected chi connectivity index (χ2v) is 5.47. The molecule has 1 saturated carbocycles. The van der Waals surface area contributed by atoms with Crippen LogP contribution in [0.25, 0.3) is 0 Å². The van der Waals surface area contributed by atoms with Crippen LogP contribution in [0.1, 0.15) is 37.3 Å². The maximum absolute atomic E-state index is 13.3. The Morgan fingerprint density at radius 3 is 2.30 bits per heavy atom. The minimum atomic E-state index is -4.08. The van der Waals surface area contributed by atoms with E-state index in [1.165, 1.54) is 12.1 Å². The van der Waals surface area contributed by atoms with Gasteiger partial charge in [-0.15, -0.1) is 0 Å². The van der Waals surface area contributed by atoms with Crippen molar-refractivity contribution in [1.29, 1.82) is 0 Å². The van der Waals surface area contributed by atoms with Crippen molar-refractivity contribution in [2.75, 3.05) is 7.05 Å². The van der Waals surface area contributed by atoms with Crippen molar-refractivity contribution in [2.45, 2.75) is 37.9 Å². The highest BCUT2D eigenvalue weighted by atomic mass is 19.4. The van der Waals surface area contributed by atoms with Gasteiger partial charge in [0.15, 0.2) is 0 Å². The molecular weight excluding hydrogens is 270 g/mol. The van der Waals surface area contributed by atoms with E-state index >= 15 is 0 Å². The number of hydrogen-bond donors (Lipinski definition) is 1. The SMILES string of the molecule is CNC(c1cccc(F)c1)C1CCC(C(F)(F)F)CC1. The van der Waals surface area contributed by atoms with Crippen LogP contribution in [0.15, 0.2) is 24.3 Å². The van der Waals surface area contributed by atoms with Crippen LogP contribution in [-0.2, 0) is 0 Å². The molecule has 1 fully saturated rings. The first-order valence-electron chi connectivity index (χ1n) is 6.91. The van der Waals surface area contributed by atoms with E-state index in [1.807, 2.05) is 6.07 Å². The van der Waals surface area contributed by atoms with E-state index in [4.69, 9.17) is 0 Å². The number of benzene rings is 1. The molecule has 20 heavy (non-hydrogen) atoms. The molecule has 1 atom stereocenters. The molecule has 0 saturated heterocycles. The number of nitrogens with one attached hydrogen (secondary N) is 1. The van der Waals surface area contributed by atoms with E-state index in [2.05, 4.69) is 5.32 Å². The lowest BCUT2D eigenvalue weighted by Gasteiger charge is -2.34. The van der Waals surface area contributed by atoms with Crippen molar-refractivity contribution >= 4 is 0 Å². The summed E-state index contributed by atoms with van der Waals surface area (Å²) in [4.78, 5) is 0. The van der Waals surface area contributed by atoms with Crippen LogP contribution in [0.4, 0.5) is 17.6 Å². The molecule has 1 aliphatic carbocycles. The third-order valence-corrected chi connectivity index (χ3v) is 4.22. The van der Waals surface area contributed by atoms with Crippen molar-refractivity contribution in [1.82, 2.24) is 5.32 Å². The summed E-state index contributed by atoms with van der Waals surface area (Å²) in [6.45, 7) is 0. The summed E-state index contributed by atoms with van der Waals surface area (Å²) < 4.78 is 51.3. The summed E-state index contributed by atoms with van der Waals surface area (Å²) in [6.07, 6.45) is -2.71. The zero-order chi connectivity index (χ0) is 14.8. The van der Waals surface area contributed by atoms with E-state index < -0.39 is 12.1 Å². The number of rotatable bonds is 3. The Kier molecular flexibility index (Phi) is 4.68. The Hall–Kier alpha value is -1.10. The highest BCUT2D eigenvalue weighted by Gasteiger charge is 2.42. The van der Waals surface area contributed by atoms with Crippen LogP contribution >= 0.6 is 0 Å². The molecule has 0 heterocycles. The van der Waals surface area contributed by atoms with Crippen LogP contribution in [0.3, 0.4) is 0 Å². The molecule has 0 spiro atoms. The van der Waals surface area contributed by atoms with Crippen LogP contribution in [0.2, 0.25) is 0 Å². The van der Waals surface area contributed by atoms with E-state index in [1.54, 1.807) is 13.1 Å². The van der Waals surface area contributed by atoms with Gasteiger partial charge in [-0.1, -0.05) is 12.1 Å². The Labute approximate surface area is 116 Å². The van der Waals surface area contributed by atoms with Gasteiger partial charge < -0.3 is 5.32 Å². The van der Waals surface area contributed by atoms with Crippen molar-refractivity contribution in [3.8, 4) is 0 Å². The number of alkyl halides is 3. The Morgan fingerprint density at radius 1 is 1.15 bits per heavy atom. The number of halogens is 4. The Bertz CT molecular complexity index is 436. The molecule has 2 rings (SSSR count). The maximum Gasteiger partial charge on any atom is 0.391 e. The third-order valence-electron chi connectivity index (χ3n) is 4.22. The van der Waals surface area contributed by atoms with Gasteiger partial charge >= 0.3 is 6.18 Å². The van der Waals surface area contributed by atoms with E-state index in [9.17, 15) is 17.6 Å².